The van der Waals surface area contributed by atoms with Crippen LogP contribution in [0.2, 0.25) is 0 Å². The van der Waals surface area contributed by atoms with E-state index in [1.165, 1.54) is 12.3 Å². The zero-order chi connectivity index (χ0) is 14.4. The lowest BCUT2D eigenvalue weighted by molar-refractivity contribution is -0.122. The first-order valence-electron chi connectivity index (χ1n) is 6.12. The van der Waals surface area contributed by atoms with Gasteiger partial charge in [0.25, 0.3) is 5.56 Å². The summed E-state index contributed by atoms with van der Waals surface area (Å²) in [7, 11) is 0. The molecule has 106 valence electrons. The number of aliphatic hydroxyl groups excluding tert-OH is 1. The number of aromatic amines is 1. The second-order valence-electron chi connectivity index (χ2n) is 4.81. The summed E-state index contributed by atoms with van der Waals surface area (Å²) in [6.07, 6.45) is 1.92. The SMILES string of the molecule is CC(C)CC(CO)NC(=O)Cn1ccc(=O)[nH]c1=O. The molecule has 7 nitrogen and oxygen atoms in total. The summed E-state index contributed by atoms with van der Waals surface area (Å²) in [4.78, 5) is 36.1. The third-order valence-electron chi connectivity index (χ3n) is 2.55. The van der Waals surface area contributed by atoms with Crippen molar-refractivity contribution < 1.29 is 9.90 Å². The number of amides is 1. The standard InChI is InChI=1S/C12H19N3O4/c1-8(2)5-9(7-16)13-11(18)6-15-4-3-10(17)14-12(15)19/h3-4,8-9,16H,5-7H2,1-2H3,(H,13,18)(H,14,17,19). The van der Waals surface area contributed by atoms with Crippen molar-refractivity contribution in [1.29, 1.82) is 0 Å². The van der Waals surface area contributed by atoms with Crippen LogP contribution >= 0.6 is 0 Å². The number of carbonyl (C=O) groups is 1. The summed E-state index contributed by atoms with van der Waals surface area (Å²) >= 11 is 0. The van der Waals surface area contributed by atoms with Crippen molar-refractivity contribution in [2.24, 2.45) is 5.92 Å². The maximum atomic E-state index is 11.7. The van der Waals surface area contributed by atoms with Crippen LogP contribution in [0.5, 0.6) is 0 Å². The molecule has 0 aliphatic heterocycles. The number of aromatic nitrogens is 2. The van der Waals surface area contributed by atoms with Gasteiger partial charge in [-0.25, -0.2) is 4.79 Å². The third kappa shape index (κ3) is 5.09. The summed E-state index contributed by atoms with van der Waals surface area (Å²) in [5.41, 5.74) is -1.14. The highest BCUT2D eigenvalue weighted by Crippen LogP contribution is 2.03. The van der Waals surface area contributed by atoms with Gasteiger partial charge < -0.3 is 10.4 Å². The Morgan fingerprint density at radius 1 is 1.47 bits per heavy atom. The highest BCUT2D eigenvalue weighted by Gasteiger charge is 2.13. The van der Waals surface area contributed by atoms with Gasteiger partial charge in [-0.05, 0) is 12.3 Å². The van der Waals surface area contributed by atoms with Crippen molar-refractivity contribution in [2.45, 2.75) is 32.9 Å². The van der Waals surface area contributed by atoms with Crippen LogP contribution in [0.4, 0.5) is 0 Å². The zero-order valence-electron chi connectivity index (χ0n) is 11.0. The fraction of sp³-hybridized carbons (Fsp3) is 0.583. The number of nitrogens with zero attached hydrogens (tertiary/aromatic N) is 1. The van der Waals surface area contributed by atoms with Crippen LogP contribution in [0, 0.1) is 5.92 Å². The first-order chi connectivity index (χ1) is 8.92. The van der Waals surface area contributed by atoms with Gasteiger partial charge in [-0.15, -0.1) is 0 Å². The lowest BCUT2D eigenvalue weighted by atomic mass is 10.0. The molecule has 0 saturated heterocycles. The Bertz CT molecular complexity index is 532. The molecule has 7 heteroatoms. The summed E-state index contributed by atoms with van der Waals surface area (Å²) in [6, 6.07) is 0.845. The second-order valence-corrected chi connectivity index (χ2v) is 4.81. The molecule has 0 radical (unpaired) electrons. The van der Waals surface area contributed by atoms with E-state index in [1.807, 2.05) is 13.8 Å². The average molecular weight is 269 g/mol. The van der Waals surface area contributed by atoms with Gasteiger partial charge in [0.15, 0.2) is 0 Å². The molecule has 0 spiro atoms. The lowest BCUT2D eigenvalue weighted by Crippen LogP contribution is -2.42. The van der Waals surface area contributed by atoms with Crippen molar-refractivity contribution in [1.82, 2.24) is 14.9 Å². The van der Waals surface area contributed by atoms with Crippen LogP contribution in [0.3, 0.4) is 0 Å². The molecule has 1 rings (SSSR count). The number of hydrogen-bond donors (Lipinski definition) is 3. The Balaban J connectivity index is 2.64. The summed E-state index contributed by atoms with van der Waals surface area (Å²) in [5.74, 6) is -0.0397. The Kier molecular flexibility index (Phi) is 5.50. The van der Waals surface area contributed by atoms with Crippen molar-refractivity contribution in [2.75, 3.05) is 6.61 Å². The van der Waals surface area contributed by atoms with Gasteiger partial charge >= 0.3 is 5.69 Å². The van der Waals surface area contributed by atoms with Crippen molar-refractivity contribution >= 4 is 5.91 Å². The van der Waals surface area contributed by atoms with E-state index in [9.17, 15) is 14.4 Å². The molecule has 0 aromatic carbocycles. The number of hydrogen-bond acceptors (Lipinski definition) is 4. The fourth-order valence-corrected chi connectivity index (χ4v) is 1.74. The van der Waals surface area contributed by atoms with E-state index in [0.29, 0.717) is 12.3 Å². The summed E-state index contributed by atoms with van der Waals surface area (Å²) < 4.78 is 1.10. The van der Waals surface area contributed by atoms with Gasteiger partial charge in [-0.2, -0.15) is 0 Å². The molecule has 1 atom stereocenters. The highest BCUT2D eigenvalue weighted by atomic mass is 16.3. The van der Waals surface area contributed by atoms with Crippen LogP contribution in [0.25, 0.3) is 0 Å². The second kappa shape index (κ2) is 6.89. The molecule has 0 aliphatic carbocycles. The van der Waals surface area contributed by atoms with Crippen LogP contribution in [-0.4, -0.2) is 33.2 Å². The Morgan fingerprint density at radius 3 is 2.68 bits per heavy atom. The van der Waals surface area contributed by atoms with Crippen LogP contribution in [0.1, 0.15) is 20.3 Å². The molecule has 0 bridgehead atoms. The van der Waals surface area contributed by atoms with Gasteiger partial charge in [0.2, 0.25) is 5.91 Å². The molecule has 1 aromatic heterocycles. The van der Waals surface area contributed by atoms with Gasteiger partial charge in [0.05, 0.1) is 12.6 Å². The minimum atomic E-state index is -0.632. The molecule has 0 aliphatic rings. The summed E-state index contributed by atoms with van der Waals surface area (Å²) in [5, 5.41) is 11.8. The van der Waals surface area contributed by atoms with E-state index in [1.54, 1.807) is 0 Å². The topological polar surface area (TPSA) is 104 Å². The largest absolute Gasteiger partial charge is 0.394 e. The zero-order valence-corrected chi connectivity index (χ0v) is 11.0. The van der Waals surface area contributed by atoms with E-state index in [-0.39, 0.29) is 25.1 Å². The molecular weight excluding hydrogens is 250 g/mol. The van der Waals surface area contributed by atoms with Gasteiger partial charge in [0.1, 0.15) is 6.54 Å². The number of carbonyl (C=O) groups excluding carboxylic acids is 1. The van der Waals surface area contributed by atoms with E-state index in [4.69, 9.17) is 5.11 Å². The maximum Gasteiger partial charge on any atom is 0.328 e. The Hall–Kier alpha value is -1.89. The maximum absolute atomic E-state index is 11.7. The Labute approximate surface area is 110 Å². The molecule has 19 heavy (non-hydrogen) atoms. The van der Waals surface area contributed by atoms with Gasteiger partial charge in [0, 0.05) is 12.3 Å². The van der Waals surface area contributed by atoms with E-state index in [0.717, 1.165) is 4.57 Å². The first kappa shape index (κ1) is 15.2. The molecule has 1 heterocycles. The molecule has 0 saturated carbocycles. The molecule has 1 aromatic rings. The smallest absolute Gasteiger partial charge is 0.328 e. The normalized spacial score (nSPS) is 12.4. The van der Waals surface area contributed by atoms with Crippen molar-refractivity contribution in [3.8, 4) is 0 Å². The van der Waals surface area contributed by atoms with Crippen molar-refractivity contribution in [3.05, 3.63) is 33.1 Å². The van der Waals surface area contributed by atoms with Crippen LogP contribution in [-0.2, 0) is 11.3 Å². The van der Waals surface area contributed by atoms with E-state index >= 15 is 0 Å². The molecule has 3 N–H and O–H groups in total. The number of aliphatic hydroxyl groups is 1. The van der Waals surface area contributed by atoms with E-state index < -0.39 is 11.2 Å². The predicted octanol–water partition coefficient (Wildman–Crippen LogP) is -0.940. The lowest BCUT2D eigenvalue weighted by Gasteiger charge is -2.18. The molecular formula is C12H19N3O4. The summed E-state index contributed by atoms with van der Waals surface area (Å²) in [6.45, 7) is 3.64. The quantitative estimate of drug-likeness (QED) is 0.620. The van der Waals surface area contributed by atoms with Gasteiger partial charge in [-0.3, -0.25) is 19.1 Å². The highest BCUT2D eigenvalue weighted by molar-refractivity contribution is 5.76. The number of rotatable bonds is 6. The van der Waals surface area contributed by atoms with E-state index in [2.05, 4.69) is 10.3 Å². The minimum Gasteiger partial charge on any atom is -0.394 e. The molecule has 0 fully saturated rings. The Morgan fingerprint density at radius 2 is 2.16 bits per heavy atom. The average Bonchev–Trinajstić information content (AvgIpc) is 2.31. The van der Waals surface area contributed by atoms with Crippen LogP contribution < -0.4 is 16.6 Å². The monoisotopic (exact) mass is 269 g/mol. The first-order valence-corrected chi connectivity index (χ1v) is 6.12. The van der Waals surface area contributed by atoms with Crippen molar-refractivity contribution in [3.63, 3.8) is 0 Å². The predicted molar refractivity (Wildman–Crippen MR) is 69.8 cm³/mol. The number of nitrogens with one attached hydrogen (secondary N) is 2. The van der Waals surface area contributed by atoms with Gasteiger partial charge in [-0.1, -0.05) is 13.8 Å². The number of H-pyrrole nitrogens is 1. The molecule has 1 amide bonds. The fourth-order valence-electron chi connectivity index (χ4n) is 1.74. The van der Waals surface area contributed by atoms with Crippen LogP contribution in [0.15, 0.2) is 21.9 Å². The molecule has 1 unspecified atom stereocenters. The minimum absolute atomic E-state index is 0.148. The third-order valence-corrected chi connectivity index (χ3v) is 2.55.